The van der Waals surface area contributed by atoms with Crippen molar-refractivity contribution in [1.29, 1.82) is 0 Å². The van der Waals surface area contributed by atoms with Gasteiger partial charge in [-0.25, -0.2) is 8.42 Å². The zero-order chi connectivity index (χ0) is 21.6. The SMILES string of the molecule is Cc1ccc2oc3ccc(Oc4ccc(S(=O)(=O)c5ccc(O)cc5)cc4)cc3c2c1. The lowest BCUT2D eigenvalue weighted by molar-refractivity contribution is 0.475. The first-order chi connectivity index (χ1) is 14.9. The van der Waals surface area contributed by atoms with Gasteiger partial charge in [0.25, 0.3) is 0 Å². The van der Waals surface area contributed by atoms with Crippen molar-refractivity contribution < 1.29 is 22.7 Å². The molecule has 5 rings (SSSR count). The number of aromatic hydroxyl groups is 1. The highest BCUT2D eigenvalue weighted by Gasteiger charge is 2.17. The third-order valence-electron chi connectivity index (χ3n) is 5.11. The van der Waals surface area contributed by atoms with E-state index in [9.17, 15) is 13.5 Å². The summed E-state index contributed by atoms with van der Waals surface area (Å²) >= 11 is 0. The molecule has 31 heavy (non-hydrogen) atoms. The fourth-order valence-electron chi connectivity index (χ4n) is 3.52. The van der Waals surface area contributed by atoms with Gasteiger partial charge in [0.05, 0.1) is 9.79 Å². The highest BCUT2D eigenvalue weighted by Crippen LogP contribution is 2.34. The van der Waals surface area contributed by atoms with Gasteiger partial charge in [-0.05, 0) is 85.8 Å². The third kappa shape index (κ3) is 3.51. The molecule has 1 heterocycles. The number of phenolic OH excluding ortho intramolecular Hbond substituents is 1. The smallest absolute Gasteiger partial charge is 0.206 e. The Morgan fingerprint density at radius 3 is 1.94 bits per heavy atom. The van der Waals surface area contributed by atoms with Gasteiger partial charge >= 0.3 is 0 Å². The summed E-state index contributed by atoms with van der Waals surface area (Å²) in [6.07, 6.45) is 0. The monoisotopic (exact) mass is 430 g/mol. The number of fused-ring (bicyclic) bond motifs is 3. The summed E-state index contributed by atoms with van der Waals surface area (Å²) in [6, 6.07) is 23.3. The summed E-state index contributed by atoms with van der Waals surface area (Å²) in [4.78, 5) is 0.267. The number of sulfone groups is 1. The first-order valence-electron chi connectivity index (χ1n) is 9.65. The molecular formula is C25H18O5S. The lowest BCUT2D eigenvalue weighted by Crippen LogP contribution is -2.01. The molecule has 0 aliphatic heterocycles. The summed E-state index contributed by atoms with van der Waals surface area (Å²) in [5, 5.41) is 11.4. The summed E-state index contributed by atoms with van der Waals surface area (Å²) in [7, 11) is -3.67. The molecule has 0 saturated carbocycles. The molecule has 0 aliphatic carbocycles. The molecule has 5 aromatic rings. The molecule has 0 aliphatic rings. The van der Waals surface area contributed by atoms with Crippen LogP contribution in [-0.2, 0) is 9.84 Å². The Labute approximate surface area is 179 Å². The molecule has 0 unspecified atom stereocenters. The molecule has 1 N–H and O–H groups in total. The molecule has 0 fully saturated rings. The minimum Gasteiger partial charge on any atom is -0.508 e. The van der Waals surface area contributed by atoms with E-state index in [2.05, 4.69) is 6.07 Å². The third-order valence-corrected chi connectivity index (χ3v) is 6.90. The summed E-state index contributed by atoms with van der Waals surface area (Å²) in [6.45, 7) is 2.03. The average Bonchev–Trinajstić information content (AvgIpc) is 3.12. The zero-order valence-electron chi connectivity index (χ0n) is 16.6. The Morgan fingerprint density at radius 2 is 1.26 bits per heavy atom. The van der Waals surface area contributed by atoms with Crippen molar-refractivity contribution >= 4 is 31.8 Å². The van der Waals surface area contributed by atoms with Gasteiger partial charge < -0.3 is 14.3 Å². The number of hydrogen-bond donors (Lipinski definition) is 1. The molecule has 0 spiro atoms. The zero-order valence-corrected chi connectivity index (χ0v) is 17.4. The maximum absolute atomic E-state index is 12.8. The van der Waals surface area contributed by atoms with E-state index in [1.165, 1.54) is 36.4 Å². The van der Waals surface area contributed by atoms with Gasteiger partial charge in [0, 0.05) is 10.8 Å². The average molecular weight is 430 g/mol. The molecule has 5 nitrogen and oxygen atoms in total. The van der Waals surface area contributed by atoms with E-state index in [-0.39, 0.29) is 15.5 Å². The van der Waals surface area contributed by atoms with E-state index in [0.29, 0.717) is 11.5 Å². The molecule has 154 valence electrons. The van der Waals surface area contributed by atoms with Crippen LogP contribution in [0.5, 0.6) is 17.2 Å². The van der Waals surface area contributed by atoms with Crippen LogP contribution in [0, 0.1) is 6.92 Å². The minimum atomic E-state index is -3.67. The van der Waals surface area contributed by atoms with E-state index < -0.39 is 9.84 Å². The van der Waals surface area contributed by atoms with E-state index in [0.717, 1.165) is 27.5 Å². The van der Waals surface area contributed by atoms with Crippen LogP contribution in [0.25, 0.3) is 21.9 Å². The van der Waals surface area contributed by atoms with Crippen molar-refractivity contribution in [3.63, 3.8) is 0 Å². The Bertz CT molecular complexity index is 1510. The molecular weight excluding hydrogens is 412 g/mol. The van der Waals surface area contributed by atoms with E-state index in [1.54, 1.807) is 12.1 Å². The fraction of sp³-hybridized carbons (Fsp3) is 0.0400. The fourth-order valence-corrected chi connectivity index (χ4v) is 4.78. The largest absolute Gasteiger partial charge is 0.508 e. The number of aryl methyl sites for hydroxylation is 1. The molecule has 0 amide bonds. The lowest BCUT2D eigenvalue weighted by atomic mass is 10.1. The molecule has 0 atom stereocenters. The predicted molar refractivity (Wildman–Crippen MR) is 119 cm³/mol. The van der Waals surface area contributed by atoms with Crippen molar-refractivity contribution in [2.24, 2.45) is 0 Å². The molecule has 0 bridgehead atoms. The Balaban J connectivity index is 1.44. The van der Waals surface area contributed by atoms with Gasteiger partial charge in [-0.1, -0.05) is 11.6 Å². The second kappa shape index (κ2) is 7.18. The van der Waals surface area contributed by atoms with Crippen molar-refractivity contribution in [2.45, 2.75) is 16.7 Å². The first kappa shape index (κ1) is 19.2. The number of benzene rings is 4. The van der Waals surface area contributed by atoms with Crippen LogP contribution < -0.4 is 4.74 Å². The van der Waals surface area contributed by atoms with Crippen LogP contribution in [0.4, 0.5) is 0 Å². The molecule has 4 aromatic carbocycles. The summed E-state index contributed by atoms with van der Waals surface area (Å²) < 4.78 is 37.3. The summed E-state index contributed by atoms with van der Waals surface area (Å²) in [5.41, 5.74) is 2.75. The van der Waals surface area contributed by atoms with Crippen molar-refractivity contribution in [1.82, 2.24) is 0 Å². The van der Waals surface area contributed by atoms with Gasteiger partial charge in [-0.3, -0.25) is 0 Å². The molecule has 0 radical (unpaired) electrons. The van der Waals surface area contributed by atoms with Crippen molar-refractivity contribution in [3.8, 4) is 17.2 Å². The molecule has 1 aromatic heterocycles. The maximum Gasteiger partial charge on any atom is 0.206 e. The Kier molecular flexibility index (Phi) is 4.45. The van der Waals surface area contributed by atoms with Gasteiger partial charge in [-0.15, -0.1) is 0 Å². The second-order valence-corrected chi connectivity index (χ2v) is 9.28. The van der Waals surface area contributed by atoms with E-state index in [1.807, 2.05) is 37.3 Å². The summed E-state index contributed by atoms with van der Waals surface area (Å²) in [5.74, 6) is 1.17. The van der Waals surface area contributed by atoms with Gasteiger partial charge in [0.1, 0.15) is 28.4 Å². The van der Waals surface area contributed by atoms with Crippen LogP contribution in [0.1, 0.15) is 5.56 Å². The van der Waals surface area contributed by atoms with Crippen molar-refractivity contribution in [3.05, 3.63) is 90.5 Å². The normalized spacial score (nSPS) is 11.8. The number of hydrogen-bond acceptors (Lipinski definition) is 5. The minimum absolute atomic E-state index is 0.0141. The van der Waals surface area contributed by atoms with Crippen LogP contribution in [0.2, 0.25) is 0 Å². The first-order valence-corrected chi connectivity index (χ1v) is 11.1. The lowest BCUT2D eigenvalue weighted by Gasteiger charge is -2.08. The standard InChI is InChI=1S/C25H18O5S/c1-16-2-12-24-22(14-16)23-15-19(7-13-25(23)30-24)29-18-5-10-21(11-6-18)31(27,28)20-8-3-17(26)4-9-20/h2-15,26H,1H3. The Morgan fingerprint density at radius 1 is 0.710 bits per heavy atom. The number of rotatable bonds is 4. The molecule has 0 saturated heterocycles. The van der Waals surface area contributed by atoms with Gasteiger partial charge in [0.2, 0.25) is 9.84 Å². The Hall–Kier alpha value is -3.77. The highest BCUT2D eigenvalue weighted by molar-refractivity contribution is 7.91. The number of furan rings is 1. The maximum atomic E-state index is 12.8. The van der Waals surface area contributed by atoms with Crippen LogP contribution in [0.3, 0.4) is 0 Å². The quantitative estimate of drug-likeness (QED) is 0.366. The number of phenols is 1. The predicted octanol–water partition coefficient (Wildman–Crippen LogP) is 6.23. The topological polar surface area (TPSA) is 76.7 Å². The van der Waals surface area contributed by atoms with Crippen molar-refractivity contribution in [2.75, 3.05) is 0 Å². The second-order valence-electron chi connectivity index (χ2n) is 7.33. The highest BCUT2D eigenvalue weighted by atomic mass is 32.2. The van der Waals surface area contributed by atoms with Crippen LogP contribution in [-0.4, -0.2) is 13.5 Å². The van der Waals surface area contributed by atoms with Crippen LogP contribution in [0.15, 0.2) is 99.1 Å². The number of ether oxygens (including phenoxy) is 1. The van der Waals surface area contributed by atoms with E-state index in [4.69, 9.17) is 9.15 Å². The van der Waals surface area contributed by atoms with E-state index >= 15 is 0 Å². The molecule has 6 heteroatoms. The van der Waals surface area contributed by atoms with Crippen LogP contribution >= 0.6 is 0 Å². The van der Waals surface area contributed by atoms with Gasteiger partial charge in [-0.2, -0.15) is 0 Å². The van der Waals surface area contributed by atoms with Gasteiger partial charge in [0.15, 0.2) is 0 Å².